The fourth-order valence-corrected chi connectivity index (χ4v) is 3.16. The molecule has 0 radical (unpaired) electrons. The molecule has 2 aromatic heterocycles. The minimum atomic E-state index is -0.493. The zero-order valence-electron chi connectivity index (χ0n) is 17.1. The molecule has 0 aliphatic rings. The molecule has 0 aliphatic heterocycles. The highest BCUT2D eigenvalue weighted by Gasteiger charge is 2.17. The topological polar surface area (TPSA) is 98.5 Å². The van der Waals surface area contributed by atoms with Crippen molar-refractivity contribution in [1.29, 1.82) is 0 Å². The van der Waals surface area contributed by atoms with Crippen molar-refractivity contribution in [2.24, 2.45) is 0 Å². The molecule has 3 rings (SSSR count). The van der Waals surface area contributed by atoms with Gasteiger partial charge >= 0.3 is 5.97 Å². The molecule has 0 bridgehead atoms. The van der Waals surface area contributed by atoms with Gasteiger partial charge in [-0.1, -0.05) is 31.2 Å². The molecular weight excluding hydrogens is 370 g/mol. The van der Waals surface area contributed by atoms with E-state index in [1.165, 1.54) is 11.9 Å². The van der Waals surface area contributed by atoms with E-state index in [0.29, 0.717) is 11.5 Å². The fraction of sp³-hybridized carbons (Fsp3) is 0.381. The maximum absolute atomic E-state index is 12.2. The molecule has 0 saturated heterocycles. The number of rotatable bonds is 7. The van der Waals surface area contributed by atoms with Crippen molar-refractivity contribution in [2.75, 3.05) is 6.61 Å². The average Bonchev–Trinajstić information content (AvgIpc) is 3.18. The SMILES string of the molecule is CCc1ccc([C@H](C)NC(=O)COC(=O)Cc2c(C)nc3ncnn3c2C)cc1. The van der Waals surface area contributed by atoms with E-state index < -0.39 is 5.97 Å². The second-order valence-electron chi connectivity index (χ2n) is 6.95. The molecule has 0 unspecified atom stereocenters. The summed E-state index contributed by atoms with van der Waals surface area (Å²) in [6.45, 7) is 7.32. The minimum Gasteiger partial charge on any atom is -0.455 e. The van der Waals surface area contributed by atoms with E-state index in [0.717, 1.165) is 23.2 Å². The predicted octanol–water partition coefficient (Wildman–Crippen LogP) is 2.27. The highest BCUT2D eigenvalue weighted by Crippen LogP contribution is 2.15. The summed E-state index contributed by atoms with van der Waals surface area (Å²) >= 11 is 0. The number of esters is 1. The maximum atomic E-state index is 12.2. The largest absolute Gasteiger partial charge is 0.455 e. The van der Waals surface area contributed by atoms with Gasteiger partial charge in [0, 0.05) is 17.0 Å². The molecule has 1 aromatic carbocycles. The van der Waals surface area contributed by atoms with E-state index in [4.69, 9.17) is 4.74 Å². The second kappa shape index (κ2) is 8.81. The van der Waals surface area contributed by atoms with Gasteiger partial charge in [-0.3, -0.25) is 9.59 Å². The quantitative estimate of drug-likeness (QED) is 0.616. The summed E-state index contributed by atoms with van der Waals surface area (Å²) in [4.78, 5) is 32.8. The van der Waals surface area contributed by atoms with Crippen LogP contribution in [0.5, 0.6) is 0 Å². The van der Waals surface area contributed by atoms with E-state index in [-0.39, 0.29) is 25.0 Å². The first-order valence-corrected chi connectivity index (χ1v) is 9.58. The molecule has 1 amide bonds. The molecule has 3 aromatic rings. The number of aromatic nitrogens is 4. The van der Waals surface area contributed by atoms with E-state index in [9.17, 15) is 9.59 Å². The third kappa shape index (κ3) is 4.77. The number of hydrogen-bond acceptors (Lipinski definition) is 6. The summed E-state index contributed by atoms with van der Waals surface area (Å²) in [5.74, 6) is -0.353. The number of amides is 1. The van der Waals surface area contributed by atoms with Gasteiger partial charge < -0.3 is 10.1 Å². The fourth-order valence-electron chi connectivity index (χ4n) is 3.16. The Morgan fingerprint density at radius 2 is 1.93 bits per heavy atom. The molecule has 0 saturated carbocycles. The Morgan fingerprint density at radius 1 is 1.21 bits per heavy atom. The Bertz CT molecular complexity index is 1030. The van der Waals surface area contributed by atoms with Crippen molar-refractivity contribution >= 4 is 17.7 Å². The maximum Gasteiger partial charge on any atom is 0.310 e. The molecule has 0 fully saturated rings. The van der Waals surface area contributed by atoms with E-state index in [1.807, 2.05) is 45.0 Å². The van der Waals surface area contributed by atoms with Crippen LogP contribution in [0.15, 0.2) is 30.6 Å². The summed E-state index contributed by atoms with van der Waals surface area (Å²) in [5, 5.41) is 6.95. The van der Waals surface area contributed by atoms with Crippen LogP contribution in [-0.4, -0.2) is 38.1 Å². The van der Waals surface area contributed by atoms with Gasteiger partial charge in [0.05, 0.1) is 12.5 Å². The lowest BCUT2D eigenvalue weighted by Crippen LogP contribution is -2.31. The monoisotopic (exact) mass is 395 g/mol. The van der Waals surface area contributed by atoms with Gasteiger partial charge in [0.15, 0.2) is 6.61 Å². The number of ether oxygens (including phenoxy) is 1. The van der Waals surface area contributed by atoms with E-state index >= 15 is 0 Å². The highest BCUT2D eigenvalue weighted by atomic mass is 16.5. The lowest BCUT2D eigenvalue weighted by Gasteiger charge is -2.15. The molecule has 2 heterocycles. The van der Waals surface area contributed by atoms with E-state index in [1.54, 1.807) is 4.52 Å². The predicted molar refractivity (Wildman–Crippen MR) is 107 cm³/mol. The van der Waals surface area contributed by atoms with Gasteiger partial charge in [-0.2, -0.15) is 10.1 Å². The van der Waals surface area contributed by atoms with Gasteiger partial charge in [-0.15, -0.1) is 0 Å². The molecule has 0 spiro atoms. The Balaban J connectivity index is 1.54. The van der Waals surface area contributed by atoms with Crippen LogP contribution in [0, 0.1) is 13.8 Å². The third-order valence-corrected chi connectivity index (χ3v) is 4.94. The van der Waals surface area contributed by atoms with Crippen molar-refractivity contribution in [1.82, 2.24) is 24.9 Å². The van der Waals surface area contributed by atoms with Gasteiger partial charge in [-0.25, -0.2) is 9.50 Å². The molecule has 1 atom stereocenters. The molecule has 8 heteroatoms. The summed E-state index contributed by atoms with van der Waals surface area (Å²) < 4.78 is 6.74. The van der Waals surface area contributed by atoms with Crippen LogP contribution in [0.2, 0.25) is 0 Å². The minimum absolute atomic E-state index is 0.0157. The van der Waals surface area contributed by atoms with Crippen LogP contribution < -0.4 is 5.32 Å². The van der Waals surface area contributed by atoms with Gasteiger partial charge in [0.1, 0.15) is 6.33 Å². The Labute approximate surface area is 169 Å². The second-order valence-corrected chi connectivity index (χ2v) is 6.95. The van der Waals surface area contributed by atoms with Crippen molar-refractivity contribution < 1.29 is 14.3 Å². The molecule has 29 heavy (non-hydrogen) atoms. The van der Waals surface area contributed by atoms with Crippen LogP contribution in [0.25, 0.3) is 5.78 Å². The third-order valence-electron chi connectivity index (χ3n) is 4.94. The first-order valence-electron chi connectivity index (χ1n) is 9.58. The molecule has 1 N–H and O–H groups in total. The van der Waals surface area contributed by atoms with Gasteiger partial charge in [0.2, 0.25) is 0 Å². The van der Waals surface area contributed by atoms with Crippen LogP contribution >= 0.6 is 0 Å². The first kappa shape index (κ1) is 20.4. The van der Waals surface area contributed by atoms with Crippen LogP contribution in [0.1, 0.15) is 48.0 Å². The summed E-state index contributed by atoms with van der Waals surface area (Å²) in [5.41, 5.74) is 4.42. The van der Waals surface area contributed by atoms with Crippen molar-refractivity contribution in [2.45, 2.75) is 46.6 Å². The number of carbonyl (C=O) groups is 2. The number of benzene rings is 1. The van der Waals surface area contributed by atoms with Crippen LogP contribution in [-0.2, 0) is 27.2 Å². The van der Waals surface area contributed by atoms with Crippen LogP contribution in [0.3, 0.4) is 0 Å². The first-order chi connectivity index (χ1) is 13.9. The standard InChI is InChI=1S/C21H25N5O3/c1-5-16-6-8-17(9-7-16)13(2)24-19(27)11-29-20(28)10-18-14(3)25-21-22-12-23-26(21)15(18)4/h6-9,12-13H,5,10-11H2,1-4H3,(H,24,27)/t13-/m0/s1. The molecule has 0 aliphatic carbocycles. The van der Waals surface area contributed by atoms with E-state index in [2.05, 4.69) is 27.3 Å². The van der Waals surface area contributed by atoms with Gasteiger partial charge in [-0.05, 0) is 38.3 Å². The molecule has 152 valence electrons. The average molecular weight is 395 g/mol. The number of aryl methyl sites for hydroxylation is 3. The number of carbonyl (C=O) groups excluding carboxylic acids is 2. The number of fused-ring (bicyclic) bond motifs is 1. The number of nitrogens with one attached hydrogen (secondary N) is 1. The Morgan fingerprint density at radius 3 is 2.62 bits per heavy atom. The lowest BCUT2D eigenvalue weighted by molar-refractivity contribution is -0.148. The summed E-state index contributed by atoms with van der Waals surface area (Å²) in [6, 6.07) is 7.91. The Kier molecular flexibility index (Phi) is 6.21. The normalized spacial score (nSPS) is 12.0. The van der Waals surface area contributed by atoms with Crippen molar-refractivity contribution in [3.63, 3.8) is 0 Å². The molecular formula is C21H25N5O3. The highest BCUT2D eigenvalue weighted by molar-refractivity contribution is 5.81. The zero-order chi connectivity index (χ0) is 21.0. The van der Waals surface area contributed by atoms with Crippen molar-refractivity contribution in [3.8, 4) is 0 Å². The van der Waals surface area contributed by atoms with Crippen LogP contribution in [0.4, 0.5) is 0 Å². The summed E-state index contributed by atoms with van der Waals surface area (Å²) in [6.07, 6.45) is 2.40. The molecule has 8 nitrogen and oxygen atoms in total. The van der Waals surface area contributed by atoms with Gasteiger partial charge in [0.25, 0.3) is 11.7 Å². The lowest BCUT2D eigenvalue weighted by atomic mass is 10.1. The zero-order valence-corrected chi connectivity index (χ0v) is 17.1. The Hall–Kier alpha value is -3.29. The smallest absolute Gasteiger partial charge is 0.310 e. The number of nitrogens with zero attached hydrogens (tertiary/aromatic N) is 4. The summed E-state index contributed by atoms with van der Waals surface area (Å²) in [7, 11) is 0. The van der Waals surface area contributed by atoms with Crippen molar-refractivity contribution in [3.05, 3.63) is 58.7 Å². The number of hydrogen-bond donors (Lipinski definition) is 1.